The summed E-state index contributed by atoms with van der Waals surface area (Å²) in [5.41, 5.74) is -0.694. The van der Waals surface area contributed by atoms with Crippen LogP contribution in [0.3, 0.4) is 0 Å². The average Bonchev–Trinajstić information content (AvgIpc) is 2.46. The fourth-order valence-corrected chi connectivity index (χ4v) is 2.00. The number of hydrogen-bond donors (Lipinski definition) is 2. The van der Waals surface area contributed by atoms with Crippen molar-refractivity contribution >= 4 is 29.1 Å². The lowest BCUT2D eigenvalue weighted by Crippen LogP contribution is -2.10. The van der Waals surface area contributed by atoms with Gasteiger partial charge in [0.15, 0.2) is 0 Å². The van der Waals surface area contributed by atoms with Crippen molar-refractivity contribution in [2.45, 2.75) is 20.0 Å². The Kier molecular flexibility index (Phi) is 5.30. The predicted octanol–water partition coefficient (Wildman–Crippen LogP) is 4.96. The number of nitrogens with zero attached hydrogens (tertiary/aromatic N) is 2. The molecule has 0 spiro atoms. The summed E-state index contributed by atoms with van der Waals surface area (Å²) < 4.78 is 38.6. The van der Waals surface area contributed by atoms with Gasteiger partial charge in [-0.05, 0) is 30.2 Å². The summed E-state index contributed by atoms with van der Waals surface area (Å²) in [6.45, 7) is 4.84. The summed E-state index contributed by atoms with van der Waals surface area (Å²) >= 11 is 5.59. The third kappa shape index (κ3) is 4.99. The van der Waals surface area contributed by atoms with Gasteiger partial charge in [-0.25, -0.2) is 4.98 Å². The van der Waals surface area contributed by atoms with E-state index < -0.39 is 11.7 Å². The van der Waals surface area contributed by atoms with E-state index in [4.69, 9.17) is 11.6 Å². The van der Waals surface area contributed by atoms with Crippen LogP contribution in [0, 0.1) is 5.92 Å². The average molecular weight is 345 g/mol. The van der Waals surface area contributed by atoms with Crippen LogP contribution in [-0.4, -0.2) is 16.5 Å². The number of aromatic nitrogens is 2. The molecule has 2 rings (SSSR count). The van der Waals surface area contributed by atoms with Crippen LogP contribution >= 0.6 is 11.6 Å². The summed E-state index contributed by atoms with van der Waals surface area (Å²) in [5, 5.41) is 5.52. The van der Waals surface area contributed by atoms with E-state index in [0.717, 1.165) is 12.6 Å². The first-order valence-corrected chi connectivity index (χ1v) is 7.34. The number of alkyl halides is 3. The molecule has 4 nitrogen and oxygen atoms in total. The summed E-state index contributed by atoms with van der Waals surface area (Å²) in [6, 6.07) is 5.25. The Bertz CT molecular complexity index is 674. The van der Waals surface area contributed by atoms with Crippen LogP contribution in [0.15, 0.2) is 30.5 Å². The number of nitrogens with one attached hydrogen (secondary N) is 2. The van der Waals surface area contributed by atoms with E-state index in [-0.39, 0.29) is 16.7 Å². The first-order valence-electron chi connectivity index (χ1n) is 6.96. The number of rotatable bonds is 5. The highest BCUT2D eigenvalue weighted by Gasteiger charge is 2.33. The van der Waals surface area contributed by atoms with Gasteiger partial charge in [0, 0.05) is 18.4 Å². The first-order chi connectivity index (χ1) is 10.8. The van der Waals surface area contributed by atoms with Crippen molar-refractivity contribution in [1.29, 1.82) is 0 Å². The van der Waals surface area contributed by atoms with E-state index >= 15 is 0 Å². The summed E-state index contributed by atoms with van der Waals surface area (Å²) in [6.07, 6.45) is -2.99. The SMILES string of the molecule is CC(C)CNc1ccnc(Nc2ccc(Cl)c(C(F)(F)F)c2)n1. The molecule has 0 saturated heterocycles. The molecule has 0 fully saturated rings. The minimum absolute atomic E-state index is 0.203. The Morgan fingerprint density at radius 2 is 1.96 bits per heavy atom. The lowest BCUT2D eigenvalue weighted by Gasteiger charge is -2.12. The number of hydrogen-bond acceptors (Lipinski definition) is 4. The Morgan fingerprint density at radius 1 is 1.22 bits per heavy atom. The van der Waals surface area contributed by atoms with E-state index in [1.54, 1.807) is 6.07 Å². The second kappa shape index (κ2) is 7.04. The third-order valence-corrected chi connectivity index (χ3v) is 3.20. The first kappa shape index (κ1) is 17.3. The third-order valence-electron chi connectivity index (χ3n) is 2.87. The zero-order valence-electron chi connectivity index (χ0n) is 12.6. The molecule has 0 aliphatic rings. The summed E-state index contributed by atoms with van der Waals surface area (Å²) in [7, 11) is 0. The van der Waals surface area contributed by atoms with Gasteiger partial charge in [-0.15, -0.1) is 0 Å². The van der Waals surface area contributed by atoms with Gasteiger partial charge >= 0.3 is 6.18 Å². The maximum atomic E-state index is 12.9. The van der Waals surface area contributed by atoms with Crippen LogP contribution in [0.5, 0.6) is 0 Å². The van der Waals surface area contributed by atoms with Gasteiger partial charge in [0.2, 0.25) is 5.95 Å². The predicted molar refractivity (Wildman–Crippen MR) is 85.1 cm³/mol. The highest BCUT2D eigenvalue weighted by molar-refractivity contribution is 6.31. The highest BCUT2D eigenvalue weighted by atomic mass is 35.5. The van der Waals surface area contributed by atoms with Crippen LogP contribution in [-0.2, 0) is 6.18 Å². The lowest BCUT2D eigenvalue weighted by atomic mass is 10.2. The zero-order valence-corrected chi connectivity index (χ0v) is 13.3. The topological polar surface area (TPSA) is 49.8 Å². The maximum Gasteiger partial charge on any atom is 0.417 e. The van der Waals surface area contributed by atoms with Crippen LogP contribution in [0.2, 0.25) is 5.02 Å². The van der Waals surface area contributed by atoms with Crippen molar-refractivity contribution in [2.24, 2.45) is 5.92 Å². The molecule has 23 heavy (non-hydrogen) atoms. The Labute approximate surface area is 137 Å². The molecule has 1 heterocycles. The molecule has 2 aromatic rings. The van der Waals surface area contributed by atoms with Crippen molar-refractivity contribution in [2.75, 3.05) is 17.2 Å². The smallest absolute Gasteiger partial charge is 0.370 e. The Balaban J connectivity index is 2.18. The van der Waals surface area contributed by atoms with Gasteiger partial charge in [-0.2, -0.15) is 18.2 Å². The van der Waals surface area contributed by atoms with Crippen molar-refractivity contribution in [1.82, 2.24) is 9.97 Å². The summed E-state index contributed by atoms with van der Waals surface area (Å²) in [4.78, 5) is 8.21. The molecule has 0 bridgehead atoms. The van der Waals surface area contributed by atoms with Gasteiger partial charge in [0.1, 0.15) is 5.82 Å². The molecule has 0 atom stereocenters. The van der Waals surface area contributed by atoms with Crippen LogP contribution in [0.1, 0.15) is 19.4 Å². The molecular formula is C15H16ClF3N4. The van der Waals surface area contributed by atoms with E-state index in [9.17, 15) is 13.2 Å². The molecule has 0 aliphatic carbocycles. The van der Waals surface area contributed by atoms with E-state index in [0.29, 0.717) is 11.7 Å². The zero-order chi connectivity index (χ0) is 17.0. The molecule has 1 aromatic heterocycles. The van der Waals surface area contributed by atoms with Gasteiger partial charge in [0.25, 0.3) is 0 Å². The number of benzene rings is 1. The number of anilines is 3. The molecule has 2 N–H and O–H groups in total. The lowest BCUT2D eigenvalue weighted by molar-refractivity contribution is -0.137. The molecule has 1 aromatic carbocycles. The standard InChI is InChI=1S/C15H16ClF3N4/c1-9(2)8-21-13-5-6-20-14(23-13)22-10-3-4-12(16)11(7-10)15(17,18)19/h3-7,9H,8H2,1-2H3,(H2,20,21,22,23). The molecule has 8 heteroatoms. The second-order valence-corrected chi connectivity index (χ2v) is 5.76. The molecule has 0 saturated carbocycles. The van der Waals surface area contributed by atoms with Crippen LogP contribution in [0.25, 0.3) is 0 Å². The largest absolute Gasteiger partial charge is 0.417 e. The fraction of sp³-hybridized carbons (Fsp3) is 0.333. The highest BCUT2D eigenvalue weighted by Crippen LogP contribution is 2.36. The summed E-state index contributed by atoms with van der Waals surface area (Å²) in [5.74, 6) is 1.24. The van der Waals surface area contributed by atoms with Gasteiger partial charge in [-0.1, -0.05) is 25.4 Å². The minimum Gasteiger partial charge on any atom is -0.370 e. The Hall–Kier alpha value is -2.02. The van der Waals surface area contributed by atoms with Crippen molar-refractivity contribution in [3.63, 3.8) is 0 Å². The quantitative estimate of drug-likeness (QED) is 0.804. The molecule has 0 aliphatic heterocycles. The van der Waals surface area contributed by atoms with E-state index in [2.05, 4.69) is 34.4 Å². The Morgan fingerprint density at radius 3 is 2.61 bits per heavy atom. The maximum absolute atomic E-state index is 12.9. The van der Waals surface area contributed by atoms with Crippen LogP contribution < -0.4 is 10.6 Å². The normalized spacial score (nSPS) is 11.6. The van der Waals surface area contributed by atoms with E-state index in [1.165, 1.54) is 18.3 Å². The van der Waals surface area contributed by atoms with Crippen molar-refractivity contribution in [3.8, 4) is 0 Å². The van der Waals surface area contributed by atoms with Gasteiger partial charge < -0.3 is 10.6 Å². The van der Waals surface area contributed by atoms with Crippen molar-refractivity contribution in [3.05, 3.63) is 41.0 Å². The van der Waals surface area contributed by atoms with Crippen molar-refractivity contribution < 1.29 is 13.2 Å². The molecule has 124 valence electrons. The molecule has 0 radical (unpaired) electrons. The van der Waals surface area contributed by atoms with Gasteiger partial charge in [0.05, 0.1) is 10.6 Å². The van der Waals surface area contributed by atoms with Crippen LogP contribution in [0.4, 0.5) is 30.6 Å². The molecular weight excluding hydrogens is 329 g/mol. The fourth-order valence-electron chi connectivity index (χ4n) is 1.78. The molecule has 0 unspecified atom stereocenters. The van der Waals surface area contributed by atoms with Gasteiger partial charge in [-0.3, -0.25) is 0 Å². The number of halogens is 4. The van der Waals surface area contributed by atoms with E-state index in [1.807, 2.05) is 0 Å². The monoisotopic (exact) mass is 344 g/mol. The minimum atomic E-state index is -4.52. The molecule has 0 amide bonds. The second-order valence-electron chi connectivity index (χ2n) is 5.36.